The molecule has 2 heteroatoms. The van der Waals surface area contributed by atoms with Crippen LogP contribution in [0.2, 0.25) is 0 Å². The fraction of sp³-hybridized carbons (Fsp3) is 0.333. The fourth-order valence-corrected chi connectivity index (χ4v) is 12.5. The zero-order valence-corrected chi connectivity index (χ0v) is 33.4. The fourth-order valence-electron chi connectivity index (χ4n) is 12.5. The monoisotopic (exact) mass is 731 g/mol. The molecule has 0 atom stereocenters. The number of benzene rings is 6. The predicted molar refractivity (Wildman–Crippen MR) is 232 cm³/mol. The van der Waals surface area contributed by atoms with E-state index in [1.54, 1.807) is 0 Å². The summed E-state index contributed by atoms with van der Waals surface area (Å²) in [6, 6.07) is 52.5. The van der Waals surface area contributed by atoms with Crippen LogP contribution in [0.4, 0.5) is 17.1 Å². The maximum Gasteiger partial charge on any atom is 0.155 e. The first-order valence-electron chi connectivity index (χ1n) is 21.3. The summed E-state index contributed by atoms with van der Waals surface area (Å²) in [4.78, 5) is 2.51. The lowest BCUT2D eigenvalue weighted by molar-refractivity contribution is -0.0451. The van der Waals surface area contributed by atoms with E-state index in [4.69, 9.17) is 4.74 Å². The van der Waals surface area contributed by atoms with Crippen LogP contribution in [0.25, 0.3) is 22.3 Å². The van der Waals surface area contributed by atoms with E-state index in [2.05, 4.69) is 172 Å². The number of rotatable bonds is 5. The van der Waals surface area contributed by atoms with Gasteiger partial charge in [-0.2, -0.15) is 0 Å². The Balaban J connectivity index is 1.13. The highest BCUT2D eigenvalue weighted by molar-refractivity contribution is 5.85. The number of hydrogen-bond donors (Lipinski definition) is 0. The number of hydrogen-bond acceptors (Lipinski definition) is 2. The second-order valence-corrected chi connectivity index (χ2v) is 19.3. The molecular formula is C54H53NO. The van der Waals surface area contributed by atoms with E-state index >= 15 is 0 Å². The summed E-state index contributed by atoms with van der Waals surface area (Å²) >= 11 is 0. The molecule has 4 fully saturated rings. The molecule has 0 amide bonds. The molecule has 0 N–H and O–H groups in total. The molecule has 6 aromatic rings. The SMILES string of the molecule is CC1(C)CCC(C)(C)c2cc(N(c3ccc(-c4ccccc4)cc3)c3cccc4c3Oc3ccc(-c5ccccc5)cc3C43C4CC5CC(C4)CC3C5)ccc21. The van der Waals surface area contributed by atoms with E-state index in [1.807, 2.05) is 0 Å². The van der Waals surface area contributed by atoms with Crippen LogP contribution in [0.15, 0.2) is 140 Å². The molecule has 56 heavy (non-hydrogen) atoms. The Bertz CT molecular complexity index is 2430. The average molecular weight is 732 g/mol. The third-order valence-corrected chi connectivity index (χ3v) is 15.2. The van der Waals surface area contributed by atoms with E-state index < -0.39 is 0 Å². The van der Waals surface area contributed by atoms with Gasteiger partial charge in [0.05, 0.1) is 5.69 Å². The number of ether oxygens (including phenoxy) is 1. The van der Waals surface area contributed by atoms with Crippen molar-refractivity contribution >= 4 is 17.1 Å². The Kier molecular flexibility index (Phi) is 7.61. The second-order valence-electron chi connectivity index (χ2n) is 19.3. The lowest BCUT2D eigenvalue weighted by Crippen LogP contribution is -2.57. The Morgan fingerprint density at radius 3 is 1.70 bits per heavy atom. The molecule has 280 valence electrons. The van der Waals surface area contributed by atoms with Gasteiger partial charge in [0.1, 0.15) is 5.75 Å². The highest BCUT2D eigenvalue weighted by Gasteiger charge is 2.61. The standard InChI is InChI=1S/C54H53NO/c1-52(2)26-27-53(3,4)47-34-44(23-24-45(47)52)55(43-21-18-39(19-22-43)37-12-7-5-8-13-37)49-17-11-16-46-51(49)56-50-25-20-40(38-14-9-6-10-15-38)33-48(50)54(46)41-29-35-28-36(31-41)32-42(54)30-35/h5-25,33-36,41-42H,26-32H2,1-4H3. The maximum absolute atomic E-state index is 7.39. The summed E-state index contributed by atoms with van der Waals surface area (Å²) in [6.07, 6.45) is 9.12. The Morgan fingerprint density at radius 1 is 0.464 bits per heavy atom. The van der Waals surface area contributed by atoms with Crippen LogP contribution in [0.1, 0.15) is 94.9 Å². The summed E-state index contributed by atoms with van der Waals surface area (Å²) in [5.41, 5.74) is 14.5. The van der Waals surface area contributed by atoms with Crippen LogP contribution in [-0.4, -0.2) is 0 Å². The van der Waals surface area contributed by atoms with Crippen LogP contribution in [0.5, 0.6) is 11.5 Å². The van der Waals surface area contributed by atoms with Gasteiger partial charge in [0.15, 0.2) is 5.75 Å². The topological polar surface area (TPSA) is 12.5 Å². The first kappa shape index (κ1) is 34.2. The summed E-state index contributed by atoms with van der Waals surface area (Å²) in [6.45, 7) is 9.73. The van der Waals surface area contributed by atoms with Gasteiger partial charge in [-0.1, -0.05) is 125 Å². The third kappa shape index (κ3) is 5.13. The third-order valence-electron chi connectivity index (χ3n) is 15.2. The van der Waals surface area contributed by atoms with Gasteiger partial charge >= 0.3 is 0 Å². The predicted octanol–water partition coefficient (Wildman–Crippen LogP) is 14.7. The maximum atomic E-state index is 7.39. The number of nitrogens with zero attached hydrogens (tertiary/aromatic N) is 1. The summed E-state index contributed by atoms with van der Waals surface area (Å²) < 4.78 is 7.39. The number of para-hydroxylation sites is 1. The molecular weight excluding hydrogens is 679 g/mol. The molecule has 1 heterocycles. The van der Waals surface area contributed by atoms with Gasteiger partial charge in [-0.25, -0.2) is 0 Å². The lowest BCUT2D eigenvalue weighted by atomic mass is 9.41. The van der Waals surface area contributed by atoms with Crippen LogP contribution < -0.4 is 9.64 Å². The minimum atomic E-state index is -0.0676. The van der Waals surface area contributed by atoms with Crippen molar-refractivity contribution in [2.24, 2.45) is 23.7 Å². The summed E-state index contributed by atoms with van der Waals surface area (Å²) in [7, 11) is 0. The largest absolute Gasteiger partial charge is 0.455 e. The Labute approximate surface area is 333 Å². The van der Waals surface area contributed by atoms with Crippen molar-refractivity contribution in [1.29, 1.82) is 0 Å². The average Bonchev–Trinajstić information content (AvgIpc) is 3.22. The molecule has 0 unspecified atom stereocenters. The molecule has 0 saturated heterocycles. The molecule has 1 aliphatic heterocycles. The van der Waals surface area contributed by atoms with Crippen molar-refractivity contribution in [2.75, 3.05) is 4.90 Å². The number of anilines is 3. The normalized spacial score (nSPS) is 25.9. The van der Waals surface area contributed by atoms with E-state index in [9.17, 15) is 0 Å². The highest BCUT2D eigenvalue weighted by atomic mass is 16.5. The van der Waals surface area contributed by atoms with Crippen LogP contribution >= 0.6 is 0 Å². The molecule has 4 bridgehead atoms. The van der Waals surface area contributed by atoms with Gasteiger partial charge in [0.25, 0.3) is 0 Å². The quantitative estimate of drug-likeness (QED) is 0.175. The first-order chi connectivity index (χ1) is 27.2. The highest BCUT2D eigenvalue weighted by Crippen LogP contribution is 2.70. The summed E-state index contributed by atoms with van der Waals surface area (Å²) in [5, 5.41) is 0. The molecule has 0 aromatic heterocycles. The molecule has 12 rings (SSSR count). The first-order valence-corrected chi connectivity index (χ1v) is 21.3. The van der Waals surface area contributed by atoms with Crippen molar-refractivity contribution < 1.29 is 4.74 Å². The van der Waals surface area contributed by atoms with Gasteiger partial charge < -0.3 is 9.64 Å². The molecule has 1 spiro atoms. The van der Waals surface area contributed by atoms with Crippen molar-refractivity contribution in [3.63, 3.8) is 0 Å². The van der Waals surface area contributed by atoms with Crippen molar-refractivity contribution in [2.45, 2.75) is 88.9 Å². The number of fused-ring (bicyclic) bond motifs is 3. The minimum Gasteiger partial charge on any atom is -0.455 e. The second kappa shape index (κ2) is 12.5. The Morgan fingerprint density at radius 2 is 1.04 bits per heavy atom. The van der Waals surface area contributed by atoms with Gasteiger partial charge in [-0.15, -0.1) is 0 Å². The molecule has 2 nitrogen and oxygen atoms in total. The van der Waals surface area contributed by atoms with Gasteiger partial charge in [-0.05, 0) is 155 Å². The van der Waals surface area contributed by atoms with Gasteiger partial charge in [0, 0.05) is 27.9 Å². The molecule has 6 aromatic carbocycles. The zero-order valence-electron chi connectivity index (χ0n) is 33.4. The van der Waals surface area contributed by atoms with Crippen molar-refractivity contribution in [3.05, 3.63) is 162 Å². The van der Waals surface area contributed by atoms with Crippen LogP contribution in [0, 0.1) is 23.7 Å². The van der Waals surface area contributed by atoms with Gasteiger partial charge in [-0.3, -0.25) is 0 Å². The minimum absolute atomic E-state index is 0.0676. The van der Waals surface area contributed by atoms with Crippen molar-refractivity contribution in [1.82, 2.24) is 0 Å². The molecule has 6 aliphatic rings. The van der Waals surface area contributed by atoms with Crippen LogP contribution in [0.3, 0.4) is 0 Å². The van der Waals surface area contributed by atoms with E-state index in [0.29, 0.717) is 11.8 Å². The van der Waals surface area contributed by atoms with E-state index in [1.165, 1.54) is 95.1 Å². The van der Waals surface area contributed by atoms with Crippen molar-refractivity contribution in [3.8, 4) is 33.8 Å². The van der Waals surface area contributed by atoms with Crippen LogP contribution in [-0.2, 0) is 16.2 Å². The lowest BCUT2D eigenvalue weighted by Gasteiger charge is -2.63. The molecule has 0 radical (unpaired) electrons. The zero-order chi connectivity index (χ0) is 37.8. The molecule has 4 saturated carbocycles. The van der Waals surface area contributed by atoms with Gasteiger partial charge in [0.2, 0.25) is 0 Å². The van der Waals surface area contributed by atoms with E-state index in [-0.39, 0.29) is 16.2 Å². The molecule has 5 aliphatic carbocycles. The summed E-state index contributed by atoms with van der Waals surface area (Å²) in [5.74, 6) is 5.05. The smallest absolute Gasteiger partial charge is 0.155 e. The van der Waals surface area contributed by atoms with E-state index in [0.717, 1.165) is 34.7 Å². The Hall–Kier alpha value is -5.08.